The molecule has 1 aliphatic heterocycles. The smallest absolute Gasteiger partial charge is 0.346 e. The molecule has 4 rings (SSSR count). The van der Waals surface area contributed by atoms with Crippen LogP contribution < -0.4 is 14.8 Å². The number of rotatable bonds is 10. The molecule has 3 aromatic rings. The zero-order valence-corrected chi connectivity index (χ0v) is 20.2. The van der Waals surface area contributed by atoms with E-state index in [1.165, 1.54) is 0 Å². The normalized spacial score (nSPS) is 13.6. The minimum Gasteiger partial charge on any atom is -0.493 e. The van der Waals surface area contributed by atoms with Crippen LogP contribution in [0.1, 0.15) is 12.0 Å². The van der Waals surface area contributed by atoms with Crippen molar-refractivity contribution in [2.75, 3.05) is 46.5 Å². The van der Waals surface area contributed by atoms with Gasteiger partial charge in [-0.2, -0.15) is 4.68 Å². The summed E-state index contributed by atoms with van der Waals surface area (Å²) in [6.45, 7) is 6.59. The SMILES string of the molecule is COc1cc(CNCCCN2CCOCC2)ccc1Oc1nnnn1-c1ccccc1.Cl.Cl. The van der Waals surface area contributed by atoms with Crippen molar-refractivity contribution < 1.29 is 14.2 Å². The van der Waals surface area contributed by atoms with E-state index >= 15 is 0 Å². The van der Waals surface area contributed by atoms with Crippen LogP contribution in [0, 0.1) is 0 Å². The van der Waals surface area contributed by atoms with Crippen molar-refractivity contribution in [1.29, 1.82) is 0 Å². The molecule has 1 saturated heterocycles. The van der Waals surface area contributed by atoms with Crippen LogP contribution in [0.5, 0.6) is 17.5 Å². The van der Waals surface area contributed by atoms with E-state index < -0.39 is 0 Å². The average molecular weight is 497 g/mol. The summed E-state index contributed by atoms with van der Waals surface area (Å²) >= 11 is 0. The van der Waals surface area contributed by atoms with Gasteiger partial charge in [0.15, 0.2) is 11.5 Å². The Labute approximate surface area is 206 Å². The summed E-state index contributed by atoms with van der Waals surface area (Å²) < 4.78 is 18.4. The molecule has 1 aliphatic rings. The van der Waals surface area contributed by atoms with Crippen LogP contribution in [0.15, 0.2) is 48.5 Å². The van der Waals surface area contributed by atoms with Crippen LogP contribution in [0.3, 0.4) is 0 Å². The van der Waals surface area contributed by atoms with Crippen LogP contribution in [0.4, 0.5) is 0 Å². The van der Waals surface area contributed by atoms with Crippen LogP contribution >= 0.6 is 24.8 Å². The number of nitrogens with zero attached hydrogens (tertiary/aromatic N) is 5. The van der Waals surface area contributed by atoms with Crippen molar-refractivity contribution in [2.24, 2.45) is 0 Å². The number of nitrogens with one attached hydrogen (secondary N) is 1. The van der Waals surface area contributed by atoms with Crippen molar-refractivity contribution in [3.8, 4) is 23.2 Å². The number of aromatic nitrogens is 4. The number of benzene rings is 2. The number of morpholine rings is 1. The number of halogens is 2. The second-order valence-electron chi connectivity index (χ2n) is 7.28. The molecule has 11 heteroatoms. The molecule has 0 amide bonds. The second kappa shape index (κ2) is 14.0. The Morgan fingerprint density at radius 1 is 1.03 bits per heavy atom. The highest BCUT2D eigenvalue weighted by molar-refractivity contribution is 5.85. The van der Waals surface area contributed by atoms with Gasteiger partial charge in [-0.25, -0.2) is 0 Å². The topological polar surface area (TPSA) is 86.6 Å². The van der Waals surface area contributed by atoms with Crippen molar-refractivity contribution in [3.63, 3.8) is 0 Å². The maximum absolute atomic E-state index is 5.96. The molecule has 1 N–H and O–H groups in total. The van der Waals surface area contributed by atoms with E-state index in [4.69, 9.17) is 14.2 Å². The minimum absolute atomic E-state index is 0. The van der Waals surface area contributed by atoms with Crippen molar-refractivity contribution in [3.05, 3.63) is 54.1 Å². The molecule has 0 unspecified atom stereocenters. The monoisotopic (exact) mass is 496 g/mol. The third-order valence-corrected chi connectivity index (χ3v) is 5.13. The first kappa shape index (κ1) is 26.8. The fourth-order valence-corrected chi connectivity index (χ4v) is 3.46. The molecule has 0 bridgehead atoms. The van der Waals surface area contributed by atoms with Gasteiger partial charge in [0, 0.05) is 19.6 Å². The molecule has 33 heavy (non-hydrogen) atoms. The van der Waals surface area contributed by atoms with Gasteiger partial charge in [0.1, 0.15) is 0 Å². The van der Waals surface area contributed by atoms with Gasteiger partial charge in [-0.15, -0.1) is 24.8 Å². The summed E-state index contributed by atoms with van der Waals surface area (Å²) in [5.41, 5.74) is 1.94. The van der Waals surface area contributed by atoms with Gasteiger partial charge >= 0.3 is 6.01 Å². The van der Waals surface area contributed by atoms with Crippen LogP contribution in [-0.2, 0) is 11.3 Å². The lowest BCUT2D eigenvalue weighted by Gasteiger charge is -2.26. The van der Waals surface area contributed by atoms with Crippen molar-refractivity contribution >= 4 is 24.8 Å². The number of hydrogen-bond acceptors (Lipinski definition) is 8. The summed E-state index contributed by atoms with van der Waals surface area (Å²) in [5, 5.41) is 15.2. The van der Waals surface area contributed by atoms with Crippen LogP contribution in [-0.4, -0.2) is 71.6 Å². The van der Waals surface area contributed by atoms with Gasteiger partial charge in [-0.05, 0) is 59.8 Å². The van der Waals surface area contributed by atoms with E-state index in [-0.39, 0.29) is 30.8 Å². The molecule has 1 fully saturated rings. The zero-order chi connectivity index (χ0) is 21.3. The van der Waals surface area contributed by atoms with E-state index in [0.717, 1.165) is 63.6 Å². The first-order valence-electron chi connectivity index (χ1n) is 10.5. The summed E-state index contributed by atoms with van der Waals surface area (Å²) in [6.07, 6.45) is 1.11. The van der Waals surface area contributed by atoms with Gasteiger partial charge in [0.25, 0.3) is 0 Å². The third-order valence-electron chi connectivity index (χ3n) is 5.13. The summed E-state index contributed by atoms with van der Waals surface area (Å²) in [5.74, 6) is 1.20. The molecule has 9 nitrogen and oxygen atoms in total. The highest BCUT2D eigenvalue weighted by Crippen LogP contribution is 2.32. The Morgan fingerprint density at radius 2 is 1.82 bits per heavy atom. The highest BCUT2D eigenvalue weighted by atomic mass is 35.5. The summed E-state index contributed by atoms with van der Waals surface area (Å²) in [6, 6.07) is 15.8. The average Bonchev–Trinajstić information content (AvgIpc) is 3.29. The number of methoxy groups -OCH3 is 1. The Hall–Kier alpha value is -2.43. The zero-order valence-electron chi connectivity index (χ0n) is 18.6. The van der Waals surface area contributed by atoms with E-state index in [1.54, 1.807) is 11.8 Å². The van der Waals surface area contributed by atoms with E-state index in [0.29, 0.717) is 11.5 Å². The Bertz CT molecular complexity index is 954. The van der Waals surface area contributed by atoms with Gasteiger partial charge in [0.2, 0.25) is 0 Å². The lowest BCUT2D eigenvalue weighted by atomic mass is 10.2. The van der Waals surface area contributed by atoms with Gasteiger partial charge in [-0.3, -0.25) is 4.90 Å². The first-order valence-corrected chi connectivity index (χ1v) is 10.5. The Balaban J connectivity index is 0.00000193. The van der Waals surface area contributed by atoms with Crippen molar-refractivity contribution in [2.45, 2.75) is 13.0 Å². The second-order valence-corrected chi connectivity index (χ2v) is 7.28. The standard InChI is InChI=1S/C22H28N6O3.2ClH/c1-29-21-16-18(17-23-10-5-11-27-12-14-30-15-13-27)8-9-20(21)31-22-24-25-26-28(22)19-6-3-2-4-7-19;;/h2-4,6-9,16,23H,5,10-15,17H2,1H3;2*1H. The molecule has 0 saturated carbocycles. The largest absolute Gasteiger partial charge is 0.493 e. The molecule has 0 radical (unpaired) electrons. The van der Waals surface area contributed by atoms with Crippen LogP contribution in [0.25, 0.3) is 5.69 Å². The lowest BCUT2D eigenvalue weighted by Crippen LogP contribution is -2.37. The Morgan fingerprint density at radius 3 is 2.58 bits per heavy atom. The molecule has 0 spiro atoms. The van der Waals surface area contributed by atoms with Gasteiger partial charge in [-0.1, -0.05) is 29.4 Å². The minimum atomic E-state index is 0. The first-order chi connectivity index (χ1) is 15.3. The maximum Gasteiger partial charge on any atom is 0.346 e. The fourth-order valence-electron chi connectivity index (χ4n) is 3.46. The molecular formula is C22H30Cl2N6O3. The van der Waals surface area contributed by atoms with Gasteiger partial charge in [0.05, 0.1) is 26.0 Å². The number of tetrazole rings is 1. The maximum atomic E-state index is 5.96. The Kier molecular flexibility index (Phi) is 11.4. The fraction of sp³-hybridized carbons (Fsp3) is 0.409. The number of ether oxygens (including phenoxy) is 3. The molecule has 2 heterocycles. The van der Waals surface area contributed by atoms with Crippen molar-refractivity contribution in [1.82, 2.24) is 30.4 Å². The molecule has 180 valence electrons. The quantitative estimate of drug-likeness (QED) is 0.428. The number of hydrogen-bond donors (Lipinski definition) is 1. The van der Waals surface area contributed by atoms with E-state index in [2.05, 4.69) is 25.7 Å². The molecular weight excluding hydrogens is 467 g/mol. The lowest BCUT2D eigenvalue weighted by molar-refractivity contribution is 0.0374. The molecule has 2 aromatic carbocycles. The van der Waals surface area contributed by atoms with Gasteiger partial charge < -0.3 is 19.5 Å². The highest BCUT2D eigenvalue weighted by Gasteiger charge is 2.14. The van der Waals surface area contributed by atoms with Crippen LogP contribution in [0.2, 0.25) is 0 Å². The van der Waals surface area contributed by atoms with E-state index in [9.17, 15) is 0 Å². The molecule has 1 aromatic heterocycles. The summed E-state index contributed by atoms with van der Waals surface area (Å²) in [7, 11) is 1.63. The van der Waals surface area contributed by atoms with E-state index in [1.807, 2.05) is 48.5 Å². The predicted molar refractivity (Wildman–Crippen MR) is 130 cm³/mol. The predicted octanol–water partition coefficient (Wildman–Crippen LogP) is 3.12. The summed E-state index contributed by atoms with van der Waals surface area (Å²) in [4.78, 5) is 2.45. The molecule has 0 atom stereocenters. The molecule has 0 aliphatic carbocycles. The third kappa shape index (κ3) is 7.55. The number of para-hydroxylation sites is 1.